The highest BCUT2D eigenvalue weighted by molar-refractivity contribution is 6.12. The summed E-state index contributed by atoms with van der Waals surface area (Å²) in [6.07, 6.45) is 1.87. The highest BCUT2D eigenvalue weighted by Crippen LogP contribution is 2.50. The van der Waals surface area contributed by atoms with Gasteiger partial charge in [0.2, 0.25) is 0 Å². The summed E-state index contributed by atoms with van der Waals surface area (Å²) in [7, 11) is 0. The molecular formula is C64H49N5O. The number of anilines is 4. The smallest absolute Gasteiger partial charge is 0.137 e. The lowest BCUT2D eigenvalue weighted by Crippen LogP contribution is -2.24. The molecule has 6 nitrogen and oxygen atoms in total. The van der Waals surface area contributed by atoms with Crippen molar-refractivity contribution in [1.29, 1.82) is 0 Å². The molecule has 0 aliphatic carbocycles. The molecule has 6 heteroatoms. The zero-order valence-corrected chi connectivity index (χ0v) is 38.5. The van der Waals surface area contributed by atoms with E-state index in [0.717, 1.165) is 61.3 Å². The van der Waals surface area contributed by atoms with Gasteiger partial charge in [-0.3, -0.25) is 4.57 Å². The van der Waals surface area contributed by atoms with Gasteiger partial charge in [0.05, 0.1) is 52.8 Å². The summed E-state index contributed by atoms with van der Waals surface area (Å²) >= 11 is 0. The van der Waals surface area contributed by atoms with Gasteiger partial charge in [-0.05, 0) is 101 Å². The number of nitrogens with zero attached hydrogens (tertiary/aromatic N) is 5. The maximum atomic E-state index is 9.09. The highest BCUT2D eigenvalue weighted by Gasteiger charge is 2.31. The summed E-state index contributed by atoms with van der Waals surface area (Å²) in [5.74, 6) is 1.91. The molecule has 0 saturated carbocycles. The summed E-state index contributed by atoms with van der Waals surface area (Å²) in [6, 6.07) is 49.1. The largest absolute Gasteiger partial charge is 0.457 e. The normalized spacial score (nSPS) is 14.7. The second kappa shape index (κ2) is 16.4. The van der Waals surface area contributed by atoms with Gasteiger partial charge in [-0.15, -0.1) is 0 Å². The lowest BCUT2D eigenvalue weighted by atomic mass is 9.88. The molecule has 0 saturated heterocycles. The molecule has 70 heavy (non-hydrogen) atoms. The molecule has 0 radical (unpaired) electrons. The van der Waals surface area contributed by atoms with Crippen LogP contribution in [0.4, 0.5) is 22.7 Å². The van der Waals surface area contributed by atoms with Gasteiger partial charge in [-0.2, -0.15) is 0 Å². The molecule has 0 bridgehead atoms. The molecule has 1 aliphatic heterocycles. The number of hydrogen-bond acceptors (Lipinski definition) is 4. The predicted molar refractivity (Wildman–Crippen MR) is 291 cm³/mol. The van der Waals surface area contributed by atoms with Gasteiger partial charge in [0.25, 0.3) is 0 Å². The quantitative estimate of drug-likeness (QED) is 0.152. The van der Waals surface area contributed by atoms with E-state index in [1.807, 2.05) is 65.7 Å². The van der Waals surface area contributed by atoms with Gasteiger partial charge in [-0.1, -0.05) is 154 Å². The van der Waals surface area contributed by atoms with Crippen LogP contribution in [0.25, 0.3) is 77.4 Å². The molecule has 9 aromatic carbocycles. The van der Waals surface area contributed by atoms with E-state index < -0.39 is 60.4 Å². The molecule has 13 rings (SSSR count). The number of ether oxygens (including phenoxy) is 1. The fraction of sp³-hybridized carbons (Fsp3) is 0.0781. The Morgan fingerprint density at radius 3 is 1.76 bits per heavy atom. The lowest BCUT2D eigenvalue weighted by Gasteiger charge is -2.27. The summed E-state index contributed by atoms with van der Waals surface area (Å²) < 4.78 is 99.1. The Morgan fingerprint density at radius 1 is 0.471 bits per heavy atom. The van der Waals surface area contributed by atoms with Crippen LogP contribution in [0.1, 0.15) is 40.0 Å². The van der Waals surface area contributed by atoms with Crippen molar-refractivity contribution < 1.29 is 18.4 Å². The van der Waals surface area contributed by atoms with Crippen molar-refractivity contribution in [3.05, 3.63) is 236 Å². The van der Waals surface area contributed by atoms with Crippen LogP contribution >= 0.6 is 0 Å². The fourth-order valence-corrected chi connectivity index (χ4v) is 10.1. The summed E-state index contributed by atoms with van der Waals surface area (Å²) in [4.78, 5) is 8.92. The molecule has 0 spiro atoms. The fourth-order valence-electron chi connectivity index (χ4n) is 10.1. The molecule has 336 valence electrons. The SMILES string of the molecule is [2H]c1c([2H])c([2H])c(-c2cccc(-c3c([2H])c([2H])c([2H])c([2H])c3[2H])c2N2CN(c3cccc(Oc4ccc5c6cc(-n7c8ccccc8c8ccccc87)ccc6n(-c6cc(C(C)(C)C)ccn6)c5c4)c3)c3ccccc32)c([2H])c1[2H]. The van der Waals surface area contributed by atoms with Crippen molar-refractivity contribution in [2.24, 2.45) is 0 Å². The van der Waals surface area contributed by atoms with Crippen molar-refractivity contribution in [2.75, 3.05) is 16.5 Å². The Hall–Kier alpha value is -8.87. The third kappa shape index (κ3) is 6.90. The third-order valence-corrected chi connectivity index (χ3v) is 13.4. The van der Waals surface area contributed by atoms with Gasteiger partial charge in [-0.25, -0.2) is 4.98 Å². The number of pyridine rings is 1. The van der Waals surface area contributed by atoms with E-state index in [4.69, 9.17) is 23.4 Å². The summed E-state index contributed by atoms with van der Waals surface area (Å²) in [5, 5.41) is 4.44. The first-order valence-corrected chi connectivity index (χ1v) is 23.2. The zero-order chi connectivity index (χ0) is 55.6. The van der Waals surface area contributed by atoms with Crippen LogP contribution in [0.3, 0.4) is 0 Å². The second-order valence-electron chi connectivity index (χ2n) is 18.5. The predicted octanol–water partition coefficient (Wildman–Crippen LogP) is 16.9. The third-order valence-electron chi connectivity index (χ3n) is 13.4. The molecule has 3 aromatic heterocycles. The van der Waals surface area contributed by atoms with E-state index in [2.05, 4.69) is 126 Å². The van der Waals surface area contributed by atoms with E-state index in [0.29, 0.717) is 22.9 Å². The number of fused-ring (bicyclic) bond motifs is 7. The highest BCUT2D eigenvalue weighted by atomic mass is 16.5. The molecule has 0 unspecified atom stereocenters. The average molecular weight is 914 g/mol. The first-order chi connectivity index (χ1) is 38.5. The van der Waals surface area contributed by atoms with Crippen molar-refractivity contribution in [3.63, 3.8) is 0 Å². The van der Waals surface area contributed by atoms with Crippen molar-refractivity contribution in [2.45, 2.75) is 26.2 Å². The maximum absolute atomic E-state index is 9.09. The first kappa shape index (κ1) is 32.0. The standard InChI is InChI=1S/C64H49N5O/c1-64(2,3)45-36-37-65-62(38-45)69-58-35-32-47(68-56-28-12-10-24-52(56)53-25-11-13-29-57(53)68)40-55(58)54-34-33-49(41-61(54)69)70-48-23-16-22-46(39-48)66-42-67(60-31-15-14-30-59(60)66)63-50(43-18-6-4-7-19-43)26-17-27-51(63)44-20-8-5-9-21-44/h4-41H,42H2,1-3H3/i4D,5D,6D,7D,8D,9D,18D,19D,20D,21D. The number of hydrogen-bond donors (Lipinski definition) is 0. The van der Waals surface area contributed by atoms with Crippen LogP contribution in [-0.2, 0) is 5.41 Å². The van der Waals surface area contributed by atoms with E-state index in [1.54, 1.807) is 18.2 Å². The zero-order valence-electron chi connectivity index (χ0n) is 48.5. The summed E-state index contributed by atoms with van der Waals surface area (Å²) in [5.41, 5.74) is 8.88. The monoisotopic (exact) mass is 913 g/mol. The Bertz CT molecular complexity index is 4380. The Balaban J connectivity index is 0.929. The Morgan fingerprint density at radius 2 is 1.07 bits per heavy atom. The average Bonchev–Trinajstić information content (AvgIpc) is 4.33. The lowest BCUT2D eigenvalue weighted by molar-refractivity contribution is 0.483. The van der Waals surface area contributed by atoms with Crippen molar-refractivity contribution in [3.8, 4) is 45.3 Å². The molecule has 0 atom stereocenters. The number of para-hydroxylation sites is 5. The molecule has 4 heterocycles. The molecular weight excluding hydrogens is 855 g/mol. The van der Waals surface area contributed by atoms with Crippen LogP contribution in [0, 0.1) is 0 Å². The van der Waals surface area contributed by atoms with Crippen LogP contribution in [0.2, 0.25) is 0 Å². The van der Waals surface area contributed by atoms with Crippen LogP contribution in [-0.4, -0.2) is 20.8 Å². The Labute approximate surface area is 421 Å². The van der Waals surface area contributed by atoms with Crippen LogP contribution < -0.4 is 14.5 Å². The van der Waals surface area contributed by atoms with E-state index in [1.165, 1.54) is 10.8 Å². The minimum Gasteiger partial charge on any atom is -0.457 e. The van der Waals surface area contributed by atoms with Gasteiger partial charge < -0.3 is 19.1 Å². The van der Waals surface area contributed by atoms with Crippen LogP contribution in [0.5, 0.6) is 11.5 Å². The topological polar surface area (TPSA) is 38.5 Å². The molecule has 0 N–H and O–H groups in total. The molecule has 0 fully saturated rings. The van der Waals surface area contributed by atoms with Crippen molar-refractivity contribution in [1.82, 2.24) is 14.1 Å². The first-order valence-electron chi connectivity index (χ1n) is 28.2. The van der Waals surface area contributed by atoms with Gasteiger partial charge in [0, 0.05) is 62.4 Å². The van der Waals surface area contributed by atoms with E-state index >= 15 is 0 Å². The summed E-state index contributed by atoms with van der Waals surface area (Å²) in [6.45, 7) is 6.69. The second-order valence-corrected chi connectivity index (χ2v) is 18.5. The van der Waals surface area contributed by atoms with Crippen molar-refractivity contribution >= 4 is 66.4 Å². The Kier molecular flexibility index (Phi) is 7.51. The number of rotatable bonds is 8. The van der Waals surface area contributed by atoms with E-state index in [9.17, 15) is 0 Å². The molecule has 0 amide bonds. The van der Waals surface area contributed by atoms with Gasteiger partial charge >= 0.3 is 0 Å². The molecule has 12 aromatic rings. The van der Waals surface area contributed by atoms with Crippen LogP contribution in [0.15, 0.2) is 230 Å². The maximum Gasteiger partial charge on any atom is 0.137 e. The minimum atomic E-state index is -0.554. The van der Waals surface area contributed by atoms with Gasteiger partial charge in [0.1, 0.15) is 24.0 Å². The van der Waals surface area contributed by atoms with E-state index in [-0.39, 0.29) is 34.3 Å². The van der Waals surface area contributed by atoms with Gasteiger partial charge in [0.15, 0.2) is 0 Å². The molecule has 1 aliphatic rings. The number of benzene rings is 9. The number of aromatic nitrogens is 3. The minimum absolute atomic E-state index is 0.0937.